The van der Waals surface area contributed by atoms with Gasteiger partial charge in [-0.3, -0.25) is 4.98 Å². The first kappa shape index (κ1) is 3.07. The molecule has 4 heteroatoms. The largest absolute Gasteiger partial charge is 0.490 e. The van der Waals surface area contributed by atoms with Crippen molar-refractivity contribution in [2.75, 3.05) is 0 Å². The molecule has 3 nitrogen and oxygen atoms in total. The van der Waals surface area contributed by atoms with Crippen LogP contribution in [-0.4, -0.2) is 22.2 Å². The number of hydrogen-bond donors (Lipinski definition) is 2. The van der Waals surface area contributed by atoms with Crippen LogP contribution in [0.4, 0.5) is 0 Å². The van der Waals surface area contributed by atoms with Crippen LogP contribution >= 0.6 is 0 Å². The Morgan fingerprint density at radius 2 is 2.38 bits per heavy atom. The first-order valence-electron chi connectivity index (χ1n) is 8.40. The summed E-state index contributed by atoms with van der Waals surface area (Å²) in [6.45, 7) is -9.80. The molecular weight excluding hydrogens is 165 g/mol. The van der Waals surface area contributed by atoms with Gasteiger partial charge in [-0.05, 0) is 18.3 Å². The molecule has 0 aromatic carbocycles. The normalized spacial score (nSPS) is 25.7. The number of pyridine rings is 1. The molecule has 0 bridgehead atoms. The van der Waals surface area contributed by atoms with Crippen LogP contribution in [0.5, 0.6) is 0 Å². The molecule has 0 saturated carbocycles. The fraction of sp³-hybridized carbons (Fsp3) is 0.444. The van der Waals surface area contributed by atoms with Crippen LogP contribution in [0.2, 0.25) is 0 Å². The van der Waals surface area contributed by atoms with E-state index in [2.05, 4.69) is 4.98 Å². The highest BCUT2D eigenvalue weighted by Gasteiger charge is 2.13. The maximum atomic E-state index is 9.09. The minimum atomic E-state index is -3.40. The number of aromatic nitrogens is 1. The van der Waals surface area contributed by atoms with Crippen molar-refractivity contribution >= 4 is 12.6 Å². The SMILES string of the molecule is [2H]C([2H])([2H])c1cc(B(O)O)cnc1C([2H])(C([2H])([2H])[2H])C([2H])([2H])[2H]. The smallest absolute Gasteiger partial charge is 0.423 e. The van der Waals surface area contributed by atoms with E-state index in [1.165, 1.54) is 0 Å². The van der Waals surface area contributed by atoms with Gasteiger partial charge in [0, 0.05) is 31.1 Å². The van der Waals surface area contributed by atoms with Crippen LogP contribution < -0.4 is 5.46 Å². The van der Waals surface area contributed by atoms with E-state index in [-0.39, 0.29) is 5.46 Å². The van der Waals surface area contributed by atoms with Gasteiger partial charge < -0.3 is 10.0 Å². The standard InChI is InChI=1S/C9H14BNO2/c1-6(2)9-7(3)4-8(5-11-9)10(12)13/h4-6,12-13H,1-3H3/i1D3,2D3,3D3,6D. The van der Waals surface area contributed by atoms with E-state index in [0.717, 1.165) is 12.3 Å². The minimum Gasteiger partial charge on any atom is -0.423 e. The summed E-state index contributed by atoms with van der Waals surface area (Å²) in [6.07, 6.45) is 0.732. The third-order valence-electron chi connectivity index (χ3n) is 1.44. The number of rotatable bonds is 2. The zero-order valence-electron chi connectivity index (χ0n) is 16.6. The second-order valence-corrected chi connectivity index (χ2v) is 2.41. The van der Waals surface area contributed by atoms with Crippen LogP contribution in [0.1, 0.15) is 44.6 Å². The zero-order chi connectivity index (χ0) is 18.4. The second kappa shape index (κ2) is 3.90. The van der Waals surface area contributed by atoms with Crippen LogP contribution in [-0.2, 0) is 0 Å². The van der Waals surface area contributed by atoms with Crippen molar-refractivity contribution in [1.82, 2.24) is 4.98 Å². The average molecular weight is 189 g/mol. The Morgan fingerprint density at radius 1 is 1.62 bits per heavy atom. The summed E-state index contributed by atoms with van der Waals surface area (Å²) >= 11 is 0. The van der Waals surface area contributed by atoms with Crippen LogP contribution in [0, 0.1) is 6.85 Å². The lowest BCUT2D eigenvalue weighted by Gasteiger charge is -2.09. The highest BCUT2D eigenvalue weighted by atomic mass is 16.4. The Bertz CT molecular complexity index is 565. The molecule has 0 aliphatic rings. The fourth-order valence-corrected chi connectivity index (χ4v) is 0.821. The van der Waals surface area contributed by atoms with Crippen molar-refractivity contribution in [2.24, 2.45) is 0 Å². The van der Waals surface area contributed by atoms with Crippen LogP contribution in [0.3, 0.4) is 0 Å². The van der Waals surface area contributed by atoms with Crippen molar-refractivity contribution in [3.8, 4) is 0 Å². The summed E-state index contributed by atoms with van der Waals surface area (Å²) < 4.78 is 74.5. The van der Waals surface area contributed by atoms with Gasteiger partial charge in [-0.2, -0.15) is 0 Å². The first-order chi connectivity index (χ1) is 10.0. The van der Waals surface area contributed by atoms with Gasteiger partial charge in [0.15, 0.2) is 0 Å². The molecule has 1 aromatic heterocycles. The summed E-state index contributed by atoms with van der Waals surface area (Å²) in [5.74, 6) is -3.29. The zero-order valence-corrected chi connectivity index (χ0v) is 6.57. The average Bonchev–Trinajstić information content (AvgIpc) is 2.33. The van der Waals surface area contributed by atoms with E-state index in [4.69, 9.17) is 23.8 Å². The van der Waals surface area contributed by atoms with Gasteiger partial charge in [-0.25, -0.2) is 0 Å². The Morgan fingerprint density at radius 3 is 2.92 bits per heavy atom. The van der Waals surface area contributed by atoms with Gasteiger partial charge in [0.2, 0.25) is 0 Å². The lowest BCUT2D eigenvalue weighted by Crippen LogP contribution is -2.30. The monoisotopic (exact) mass is 189 g/mol. The molecule has 1 rings (SSSR count). The van der Waals surface area contributed by atoms with Crippen molar-refractivity contribution in [1.29, 1.82) is 0 Å². The van der Waals surface area contributed by atoms with E-state index in [0.29, 0.717) is 0 Å². The highest BCUT2D eigenvalue weighted by molar-refractivity contribution is 6.58. The number of hydrogen-bond acceptors (Lipinski definition) is 3. The quantitative estimate of drug-likeness (QED) is 0.653. The number of nitrogens with zero attached hydrogens (tertiary/aromatic N) is 1. The lowest BCUT2D eigenvalue weighted by atomic mass is 9.80. The summed E-state index contributed by atoms with van der Waals surface area (Å²) in [6, 6.07) is 0.723. The lowest BCUT2D eigenvalue weighted by molar-refractivity contribution is 0.425. The van der Waals surface area contributed by atoms with Crippen molar-refractivity contribution in [2.45, 2.75) is 26.4 Å². The minimum absolute atomic E-state index is 0.363. The second-order valence-electron chi connectivity index (χ2n) is 2.41. The maximum absolute atomic E-state index is 9.09. The molecule has 0 atom stereocenters. The molecule has 0 radical (unpaired) electrons. The van der Waals surface area contributed by atoms with Crippen LogP contribution in [0.25, 0.3) is 0 Å². The van der Waals surface area contributed by atoms with E-state index < -0.39 is 44.8 Å². The summed E-state index contributed by atoms with van der Waals surface area (Å²) in [5, 5.41) is 18.2. The van der Waals surface area contributed by atoms with Gasteiger partial charge >= 0.3 is 7.12 Å². The first-order valence-corrected chi connectivity index (χ1v) is 3.40. The predicted molar refractivity (Wildman–Crippen MR) is 52.9 cm³/mol. The third-order valence-corrected chi connectivity index (χ3v) is 1.44. The molecule has 13 heavy (non-hydrogen) atoms. The molecule has 0 aliphatic carbocycles. The molecule has 0 saturated heterocycles. The summed E-state index contributed by atoms with van der Waals surface area (Å²) in [5.41, 5.74) is -2.16. The van der Waals surface area contributed by atoms with E-state index in [1.54, 1.807) is 0 Å². The van der Waals surface area contributed by atoms with Gasteiger partial charge in [-0.15, -0.1) is 0 Å². The molecule has 0 unspecified atom stereocenters. The van der Waals surface area contributed by atoms with E-state index >= 15 is 0 Å². The molecule has 2 N–H and O–H groups in total. The molecule has 0 fully saturated rings. The fourth-order valence-electron chi connectivity index (χ4n) is 0.821. The molecule has 0 aliphatic heterocycles. The molecule has 70 valence electrons. The van der Waals surface area contributed by atoms with Gasteiger partial charge in [0.25, 0.3) is 0 Å². The Balaban J connectivity index is 3.82. The molecular formula is C9H14BNO2. The van der Waals surface area contributed by atoms with Gasteiger partial charge in [0.05, 0.1) is 0 Å². The highest BCUT2D eigenvalue weighted by Crippen LogP contribution is 2.14. The van der Waals surface area contributed by atoms with Gasteiger partial charge in [-0.1, -0.05) is 19.8 Å². The Kier molecular flexibility index (Phi) is 0.920. The molecule has 1 heterocycles. The van der Waals surface area contributed by atoms with Gasteiger partial charge in [0.1, 0.15) is 0 Å². The van der Waals surface area contributed by atoms with Crippen molar-refractivity contribution in [3.63, 3.8) is 0 Å². The van der Waals surface area contributed by atoms with Crippen molar-refractivity contribution in [3.05, 3.63) is 23.5 Å². The molecule has 1 aromatic rings. The maximum Gasteiger partial charge on any atom is 0.490 e. The molecule has 0 spiro atoms. The van der Waals surface area contributed by atoms with Crippen molar-refractivity contribution < 1.29 is 23.8 Å². The third kappa shape index (κ3) is 2.29. The predicted octanol–water partition coefficient (Wildman–Crippen LogP) is 0.193. The van der Waals surface area contributed by atoms with E-state index in [1.807, 2.05) is 0 Å². The molecule has 0 amide bonds. The Hall–Kier alpha value is -0.865. The summed E-state index contributed by atoms with van der Waals surface area (Å²) in [7, 11) is -2.08. The Labute approximate surface area is 92.6 Å². The van der Waals surface area contributed by atoms with E-state index in [9.17, 15) is 0 Å². The van der Waals surface area contributed by atoms with Crippen LogP contribution in [0.15, 0.2) is 12.3 Å². The topological polar surface area (TPSA) is 53.4 Å². The summed E-state index contributed by atoms with van der Waals surface area (Å²) in [4.78, 5) is 3.48. The number of aryl methyl sites for hydroxylation is 1.